The Morgan fingerprint density at radius 1 is 1.56 bits per heavy atom. The van der Waals surface area contributed by atoms with Crippen molar-refractivity contribution < 1.29 is 9.34 Å². The van der Waals surface area contributed by atoms with Crippen molar-refractivity contribution in [2.24, 2.45) is 0 Å². The number of nitro groups is 1. The number of allylic oxidation sites excluding steroid dienone is 3. The quantitative estimate of drug-likeness (QED) is 0.435. The van der Waals surface area contributed by atoms with E-state index in [2.05, 4.69) is 0 Å². The number of nitrogens with zero attached hydrogens (tertiary/aromatic N) is 1. The normalized spacial score (nSPS) is 12.2. The van der Waals surface area contributed by atoms with E-state index >= 15 is 0 Å². The lowest BCUT2D eigenvalue weighted by molar-refractivity contribution is -0.468. The van der Waals surface area contributed by atoms with Gasteiger partial charge in [0.15, 0.2) is 0 Å². The van der Waals surface area contributed by atoms with Crippen LogP contribution in [0, 0.1) is 17.0 Å². The van der Waals surface area contributed by atoms with E-state index in [1.165, 1.54) is 6.08 Å². The molecule has 1 rings (SSSR count). The average Bonchev–Trinajstić information content (AvgIpc) is 2.63. The summed E-state index contributed by atoms with van der Waals surface area (Å²) in [5.41, 5.74) is 0.887. The van der Waals surface area contributed by atoms with Gasteiger partial charge in [-0.3, -0.25) is 10.1 Å². The van der Waals surface area contributed by atoms with Crippen molar-refractivity contribution in [3.63, 3.8) is 0 Å². The Labute approximate surface area is 94.4 Å². The molecule has 0 unspecified atom stereocenters. The van der Waals surface area contributed by atoms with Gasteiger partial charge >= 0.3 is 0 Å². The van der Waals surface area contributed by atoms with Gasteiger partial charge in [-0.2, -0.15) is 0 Å². The highest BCUT2D eigenvalue weighted by molar-refractivity contribution is 5.70. The Bertz CT molecular complexity index is 416. The summed E-state index contributed by atoms with van der Waals surface area (Å²) in [6.45, 7) is 3.71. The van der Waals surface area contributed by atoms with E-state index in [0.29, 0.717) is 0 Å². The first kappa shape index (κ1) is 12.2. The fourth-order valence-corrected chi connectivity index (χ4v) is 1.33. The predicted octanol–water partition coefficient (Wildman–Crippen LogP) is 3.21. The van der Waals surface area contributed by atoms with E-state index in [1.807, 2.05) is 32.1 Å². The van der Waals surface area contributed by atoms with Crippen LogP contribution in [0.15, 0.2) is 34.8 Å². The van der Waals surface area contributed by atoms with Crippen LogP contribution in [0.1, 0.15) is 24.9 Å². The second-order valence-corrected chi connectivity index (χ2v) is 3.40. The fraction of sp³-hybridized carbons (Fsp3) is 0.333. The molecule has 4 heteroatoms. The standard InChI is InChI=1S/C12H15NO3/c1-3-5-11(6-4-9-13(14)15)12-8-7-10(2)16-12/h4-8H,3,9H2,1-2H3/b6-4-,11-5+. The van der Waals surface area contributed by atoms with Gasteiger partial charge in [0.25, 0.3) is 0 Å². The molecule has 0 spiro atoms. The number of furan rings is 1. The van der Waals surface area contributed by atoms with Crippen LogP contribution in [-0.4, -0.2) is 11.5 Å². The minimum Gasteiger partial charge on any atom is -0.461 e. The number of hydrogen-bond acceptors (Lipinski definition) is 3. The van der Waals surface area contributed by atoms with Crippen molar-refractivity contribution in [3.05, 3.63) is 52.0 Å². The van der Waals surface area contributed by atoms with Gasteiger partial charge in [-0.05, 0) is 37.6 Å². The maximum absolute atomic E-state index is 10.2. The summed E-state index contributed by atoms with van der Waals surface area (Å²) in [5.74, 6) is 1.58. The molecule has 0 N–H and O–H groups in total. The first-order valence-corrected chi connectivity index (χ1v) is 5.18. The van der Waals surface area contributed by atoms with Crippen molar-refractivity contribution in [1.82, 2.24) is 0 Å². The van der Waals surface area contributed by atoms with Gasteiger partial charge in [-0.25, -0.2) is 0 Å². The van der Waals surface area contributed by atoms with E-state index in [9.17, 15) is 10.1 Å². The molecule has 1 aromatic rings. The molecule has 0 fully saturated rings. The Morgan fingerprint density at radius 2 is 2.31 bits per heavy atom. The molecule has 0 saturated heterocycles. The van der Waals surface area contributed by atoms with Crippen molar-refractivity contribution in [2.75, 3.05) is 6.54 Å². The SMILES string of the molecule is CC/C=C(\C=C/C[N+](=O)[O-])c1ccc(C)o1. The predicted molar refractivity (Wildman–Crippen MR) is 62.7 cm³/mol. The average molecular weight is 221 g/mol. The van der Waals surface area contributed by atoms with Gasteiger partial charge in [0.2, 0.25) is 6.54 Å². The molecular formula is C12H15NO3. The molecular weight excluding hydrogens is 206 g/mol. The molecule has 0 aliphatic heterocycles. The Kier molecular flexibility index (Phi) is 4.51. The van der Waals surface area contributed by atoms with E-state index < -0.39 is 0 Å². The number of rotatable bonds is 5. The molecule has 0 amide bonds. The molecule has 86 valence electrons. The van der Waals surface area contributed by atoms with Crippen LogP contribution in [-0.2, 0) is 0 Å². The second kappa shape index (κ2) is 5.90. The van der Waals surface area contributed by atoms with Crippen LogP contribution in [0.2, 0.25) is 0 Å². The minimum atomic E-state index is -0.368. The maximum atomic E-state index is 10.2. The topological polar surface area (TPSA) is 56.3 Å². The van der Waals surface area contributed by atoms with E-state index in [-0.39, 0.29) is 11.5 Å². The van der Waals surface area contributed by atoms with Gasteiger partial charge in [-0.1, -0.05) is 13.0 Å². The monoisotopic (exact) mass is 221 g/mol. The third-order valence-electron chi connectivity index (χ3n) is 2.00. The summed E-state index contributed by atoms with van der Waals surface area (Å²) in [4.78, 5) is 9.82. The molecule has 1 heterocycles. The van der Waals surface area contributed by atoms with Crippen LogP contribution < -0.4 is 0 Å². The Hall–Kier alpha value is -1.84. The minimum absolute atomic E-state index is 0.166. The highest BCUT2D eigenvalue weighted by Crippen LogP contribution is 2.19. The van der Waals surface area contributed by atoms with E-state index in [4.69, 9.17) is 4.42 Å². The summed E-state index contributed by atoms with van der Waals surface area (Å²) in [6, 6.07) is 3.74. The summed E-state index contributed by atoms with van der Waals surface area (Å²) in [7, 11) is 0. The van der Waals surface area contributed by atoms with Gasteiger partial charge in [0.05, 0.1) is 0 Å². The van der Waals surface area contributed by atoms with Gasteiger partial charge < -0.3 is 4.42 Å². The highest BCUT2D eigenvalue weighted by atomic mass is 16.6. The third kappa shape index (κ3) is 3.73. The molecule has 0 aromatic carbocycles. The zero-order chi connectivity index (χ0) is 12.0. The molecule has 0 aliphatic rings. The number of aryl methyl sites for hydroxylation is 1. The molecule has 0 aliphatic carbocycles. The van der Waals surface area contributed by atoms with Crippen LogP contribution in [0.5, 0.6) is 0 Å². The molecule has 0 bridgehead atoms. The second-order valence-electron chi connectivity index (χ2n) is 3.40. The van der Waals surface area contributed by atoms with Gasteiger partial charge in [0.1, 0.15) is 11.5 Å². The summed E-state index contributed by atoms with van der Waals surface area (Å²) in [5, 5.41) is 10.2. The fourth-order valence-electron chi connectivity index (χ4n) is 1.33. The summed E-state index contributed by atoms with van der Waals surface area (Å²) < 4.78 is 5.47. The molecule has 0 saturated carbocycles. The Morgan fingerprint density at radius 3 is 2.81 bits per heavy atom. The van der Waals surface area contributed by atoms with Crippen molar-refractivity contribution in [2.45, 2.75) is 20.3 Å². The van der Waals surface area contributed by atoms with Crippen molar-refractivity contribution in [3.8, 4) is 0 Å². The lowest BCUT2D eigenvalue weighted by Gasteiger charge is -1.96. The van der Waals surface area contributed by atoms with Crippen LogP contribution in [0.25, 0.3) is 5.57 Å². The Balaban J connectivity index is 2.80. The first-order valence-electron chi connectivity index (χ1n) is 5.18. The molecule has 4 nitrogen and oxygen atoms in total. The highest BCUT2D eigenvalue weighted by Gasteiger charge is 2.02. The van der Waals surface area contributed by atoms with Gasteiger partial charge in [-0.15, -0.1) is 0 Å². The summed E-state index contributed by atoms with van der Waals surface area (Å²) >= 11 is 0. The molecule has 0 radical (unpaired) electrons. The molecule has 16 heavy (non-hydrogen) atoms. The van der Waals surface area contributed by atoms with Crippen LogP contribution in [0.3, 0.4) is 0 Å². The summed E-state index contributed by atoms with van der Waals surface area (Å²) in [6.07, 6.45) is 6.09. The lowest BCUT2D eigenvalue weighted by atomic mass is 10.1. The third-order valence-corrected chi connectivity index (χ3v) is 2.00. The first-order chi connectivity index (χ1) is 7.63. The van der Waals surface area contributed by atoms with Crippen LogP contribution in [0.4, 0.5) is 0 Å². The zero-order valence-electron chi connectivity index (χ0n) is 9.47. The zero-order valence-corrected chi connectivity index (χ0v) is 9.47. The van der Waals surface area contributed by atoms with Crippen LogP contribution >= 0.6 is 0 Å². The van der Waals surface area contributed by atoms with Crippen molar-refractivity contribution in [1.29, 1.82) is 0 Å². The van der Waals surface area contributed by atoms with Crippen molar-refractivity contribution >= 4 is 5.57 Å². The molecule has 1 aromatic heterocycles. The van der Waals surface area contributed by atoms with E-state index in [0.717, 1.165) is 23.5 Å². The largest absolute Gasteiger partial charge is 0.461 e. The van der Waals surface area contributed by atoms with E-state index in [1.54, 1.807) is 6.08 Å². The smallest absolute Gasteiger partial charge is 0.222 e. The lowest BCUT2D eigenvalue weighted by Crippen LogP contribution is -1.95. The number of hydrogen-bond donors (Lipinski definition) is 0. The van der Waals surface area contributed by atoms with Gasteiger partial charge in [0, 0.05) is 10.5 Å². The molecule has 0 atom stereocenters. The maximum Gasteiger partial charge on any atom is 0.222 e.